The molecular formula is C14H21N3O. The lowest BCUT2D eigenvalue weighted by molar-refractivity contribution is -0.116. The number of carbonyl (C=O) groups excluding carboxylic acids is 1. The van der Waals surface area contributed by atoms with Crippen LogP contribution in [0.3, 0.4) is 0 Å². The van der Waals surface area contributed by atoms with Crippen LogP contribution in [0.5, 0.6) is 0 Å². The average Bonchev–Trinajstić information content (AvgIpc) is 2.40. The molecule has 1 atom stereocenters. The van der Waals surface area contributed by atoms with E-state index in [1.165, 1.54) is 19.3 Å². The molecule has 0 aromatic carbocycles. The molecule has 2 N–H and O–H groups in total. The van der Waals surface area contributed by atoms with Crippen molar-refractivity contribution in [1.82, 2.24) is 10.3 Å². The SMILES string of the molecule is Cc1ccc(NC(=O)CCC2CCCCN2)cn1. The molecule has 1 aliphatic rings. The highest BCUT2D eigenvalue weighted by molar-refractivity contribution is 5.90. The topological polar surface area (TPSA) is 54.0 Å². The zero-order valence-corrected chi connectivity index (χ0v) is 10.9. The van der Waals surface area contributed by atoms with Gasteiger partial charge in [-0.2, -0.15) is 0 Å². The summed E-state index contributed by atoms with van der Waals surface area (Å²) in [6, 6.07) is 4.30. The van der Waals surface area contributed by atoms with Gasteiger partial charge >= 0.3 is 0 Å². The smallest absolute Gasteiger partial charge is 0.224 e. The number of piperidine rings is 1. The molecule has 4 heteroatoms. The lowest BCUT2D eigenvalue weighted by atomic mass is 10.0. The number of aromatic nitrogens is 1. The normalized spacial score (nSPS) is 19.5. The Morgan fingerprint density at radius 2 is 2.39 bits per heavy atom. The predicted octanol–water partition coefficient (Wildman–Crippen LogP) is 2.25. The van der Waals surface area contributed by atoms with Crippen LogP contribution in [-0.4, -0.2) is 23.5 Å². The van der Waals surface area contributed by atoms with Gasteiger partial charge in [-0.3, -0.25) is 9.78 Å². The third kappa shape index (κ3) is 4.11. The van der Waals surface area contributed by atoms with Gasteiger partial charge in [0, 0.05) is 18.2 Å². The second-order valence-corrected chi connectivity index (χ2v) is 4.92. The number of carbonyl (C=O) groups is 1. The molecule has 1 aromatic rings. The summed E-state index contributed by atoms with van der Waals surface area (Å²) in [5.41, 5.74) is 1.74. The highest BCUT2D eigenvalue weighted by atomic mass is 16.1. The zero-order valence-electron chi connectivity index (χ0n) is 10.9. The molecule has 1 saturated heterocycles. The Balaban J connectivity index is 1.73. The van der Waals surface area contributed by atoms with Crippen molar-refractivity contribution in [1.29, 1.82) is 0 Å². The van der Waals surface area contributed by atoms with Crippen molar-refractivity contribution < 1.29 is 4.79 Å². The van der Waals surface area contributed by atoms with Crippen LogP contribution >= 0.6 is 0 Å². The highest BCUT2D eigenvalue weighted by Crippen LogP contribution is 2.13. The van der Waals surface area contributed by atoms with Crippen LogP contribution in [0, 0.1) is 6.92 Å². The van der Waals surface area contributed by atoms with Crippen LogP contribution in [0.4, 0.5) is 5.69 Å². The van der Waals surface area contributed by atoms with Crippen molar-refractivity contribution in [2.45, 2.75) is 45.1 Å². The Hall–Kier alpha value is -1.42. The molecule has 1 unspecified atom stereocenters. The molecule has 0 bridgehead atoms. The fourth-order valence-corrected chi connectivity index (χ4v) is 2.24. The first-order valence-electron chi connectivity index (χ1n) is 6.70. The second kappa shape index (κ2) is 6.50. The van der Waals surface area contributed by atoms with E-state index in [1.54, 1.807) is 6.20 Å². The maximum absolute atomic E-state index is 11.8. The minimum atomic E-state index is 0.0769. The molecule has 2 rings (SSSR count). The van der Waals surface area contributed by atoms with Gasteiger partial charge in [-0.15, -0.1) is 0 Å². The summed E-state index contributed by atoms with van der Waals surface area (Å²) in [5.74, 6) is 0.0769. The summed E-state index contributed by atoms with van der Waals surface area (Å²) >= 11 is 0. The Morgan fingerprint density at radius 1 is 1.50 bits per heavy atom. The van der Waals surface area contributed by atoms with Gasteiger partial charge < -0.3 is 10.6 Å². The molecule has 1 aliphatic heterocycles. The highest BCUT2D eigenvalue weighted by Gasteiger charge is 2.13. The third-order valence-electron chi connectivity index (χ3n) is 3.33. The van der Waals surface area contributed by atoms with Crippen molar-refractivity contribution in [3.8, 4) is 0 Å². The molecule has 0 spiro atoms. The summed E-state index contributed by atoms with van der Waals surface area (Å²) in [4.78, 5) is 15.9. The van der Waals surface area contributed by atoms with Crippen LogP contribution in [0.1, 0.15) is 37.8 Å². The molecule has 4 nitrogen and oxygen atoms in total. The van der Waals surface area contributed by atoms with Crippen molar-refractivity contribution in [2.75, 3.05) is 11.9 Å². The number of hydrogen-bond donors (Lipinski definition) is 2. The van der Waals surface area contributed by atoms with E-state index in [0.717, 1.165) is 24.3 Å². The number of pyridine rings is 1. The fourth-order valence-electron chi connectivity index (χ4n) is 2.24. The summed E-state index contributed by atoms with van der Waals surface area (Å²) in [7, 11) is 0. The number of aryl methyl sites for hydroxylation is 1. The summed E-state index contributed by atoms with van der Waals surface area (Å²) in [5, 5.41) is 6.33. The molecule has 1 amide bonds. The number of nitrogens with one attached hydrogen (secondary N) is 2. The molecule has 18 heavy (non-hydrogen) atoms. The van der Waals surface area contributed by atoms with E-state index in [0.29, 0.717) is 12.5 Å². The van der Waals surface area contributed by atoms with Gasteiger partial charge in [-0.1, -0.05) is 6.42 Å². The van der Waals surface area contributed by atoms with E-state index in [4.69, 9.17) is 0 Å². The first-order valence-corrected chi connectivity index (χ1v) is 6.70. The number of nitrogens with zero attached hydrogens (tertiary/aromatic N) is 1. The van der Waals surface area contributed by atoms with Crippen LogP contribution in [-0.2, 0) is 4.79 Å². The number of anilines is 1. The Morgan fingerprint density at radius 3 is 3.06 bits per heavy atom. The van der Waals surface area contributed by atoms with E-state index in [2.05, 4.69) is 15.6 Å². The Labute approximate surface area is 108 Å². The van der Waals surface area contributed by atoms with Crippen LogP contribution in [0.25, 0.3) is 0 Å². The Bertz CT molecular complexity index is 383. The molecular weight excluding hydrogens is 226 g/mol. The standard InChI is InChI=1S/C14H21N3O/c1-11-5-6-13(10-16-11)17-14(18)8-7-12-4-2-3-9-15-12/h5-6,10,12,15H,2-4,7-9H2,1H3,(H,17,18). The number of hydrogen-bond acceptors (Lipinski definition) is 3. The van der Waals surface area contributed by atoms with Gasteiger partial charge in [0.05, 0.1) is 11.9 Å². The molecule has 98 valence electrons. The van der Waals surface area contributed by atoms with E-state index < -0.39 is 0 Å². The molecule has 0 radical (unpaired) electrons. The van der Waals surface area contributed by atoms with Crippen molar-refractivity contribution in [2.24, 2.45) is 0 Å². The maximum atomic E-state index is 11.8. The minimum absolute atomic E-state index is 0.0769. The van der Waals surface area contributed by atoms with Gasteiger partial charge in [0.1, 0.15) is 0 Å². The third-order valence-corrected chi connectivity index (χ3v) is 3.33. The van der Waals surface area contributed by atoms with Crippen LogP contribution < -0.4 is 10.6 Å². The van der Waals surface area contributed by atoms with Gasteiger partial charge in [0.25, 0.3) is 0 Å². The molecule has 0 aliphatic carbocycles. The summed E-state index contributed by atoms with van der Waals surface area (Å²) in [6.07, 6.45) is 6.93. The molecule has 0 saturated carbocycles. The molecule has 1 fully saturated rings. The van der Waals surface area contributed by atoms with Crippen molar-refractivity contribution >= 4 is 11.6 Å². The maximum Gasteiger partial charge on any atom is 0.224 e. The monoisotopic (exact) mass is 247 g/mol. The van der Waals surface area contributed by atoms with E-state index >= 15 is 0 Å². The average molecular weight is 247 g/mol. The first kappa shape index (κ1) is 13.0. The van der Waals surface area contributed by atoms with Crippen molar-refractivity contribution in [3.05, 3.63) is 24.0 Å². The molecule has 1 aromatic heterocycles. The lowest BCUT2D eigenvalue weighted by Crippen LogP contribution is -2.34. The van der Waals surface area contributed by atoms with Crippen molar-refractivity contribution in [3.63, 3.8) is 0 Å². The van der Waals surface area contributed by atoms with E-state index in [9.17, 15) is 4.79 Å². The first-order chi connectivity index (χ1) is 8.74. The van der Waals surface area contributed by atoms with E-state index in [-0.39, 0.29) is 5.91 Å². The van der Waals surface area contributed by atoms with Gasteiger partial charge in [-0.05, 0) is 44.9 Å². The van der Waals surface area contributed by atoms with Gasteiger partial charge in [0.2, 0.25) is 5.91 Å². The zero-order chi connectivity index (χ0) is 12.8. The van der Waals surface area contributed by atoms with E-state index in [1.807, 2.05) is 19.1 Å². The second-order valence-electron chi connectivity index (χ2n) is 4.92. The van der Waals surface area contributed by atoms with Gasteiger partial charge in [-0.25, -0.2) is 0 Å². The van der Waals surface area contributed by atoms with Crippen LogP contribution in [0.2, 0.25) is 0 Å². The molecule has 2 heterocycles. The predicted molar refractivity (Wildman–Crippen MR) is 72.5 cm³/mol. The van der Waals surface area contributed by atoms with Crippen LogP contribution in [0.15, 0.2) is 18.3 Å². The largest absolute Gasteiger partial charge is 0.325 e. The number of rotatable bonds is 4. The Kier molecular flexibility index (Phi) is 4.70. The minimum Gasteiger partial charge on any atom is -0.325 e. The summed E-state index contributed by atoms with van der Waals surface area (Å²) < 4.78 is 0. The number of amides is 1. The fraction of sp³-hybridized carbons (Fsp3) is 0.571. The van der Waals surface area contributed by atoms with Gasteiger partial charge in [0.15, 0.2) is 0 Å². The summed E-state index contributed by atoms with van der Waals surface area (Å²) in [6.45, 7) is 3.02. The quantitative estimate of drug-likeness (QED) is 0.858. The lowest BCUT2D eigenvalue weighted by Gasteiger charge is -2.23.